The van der Waals surface area contributed by atoms with Crippen molar-refractivity contribution in [1.82, 2.24) is 15.1 Å². The van der Waals surface area contributed by atoms with E-state index < -0.39 is 0 Å². The van der Waals surface area contributed by atoms with Crippen LogP contribution < -0.4 is 5.32 Å². The average molecular weight is 221 g/mol. The van der Waals surface area contributed by atoms with Crippen LogP contribution in [0.3, 0.4) is 0 Å². The number of hydrogen-bond donors (Lipinski definition) is 1. The van der Waals surface area contributed by atoms with Crippen LogP contribution >= 0.6 is 0 Å². The lowest BCUT2D eigenvalue weighted by atomic mass is 9.84. The van der Waals surface area contributed by atoms with Crippen LogP contribution in [0.2, 0.25) is 0 Å². The van der Waals surface area contributed by atoms with Gasteiger partial charge in [0, 0.05) is 18.7 Å². The molecule has 0 spiro atoms. The van der Waals surface area contributed by atoms with Crippen LogP contribution in [0.1, 0.15) is 30.6 Å². The maximum atomic E-state index is 12.1. The minimum absolute atomic E-state index is 0.112. The first kappa shape index (κ1) is 11.3. The van der Waals surface area contributed by atoms with Gasteiger partial charge in [-0.1, -0.05) is 13.8 Å². The second-order valence-electron chi connectivity index (χ2n) is 4.56. The lowest BCUT2D eigenvalue weighted by molar-refractivity contribution is 0.0854. The molecule has 0 amide bonds. The maximum Gasteiger partial charge on any atom is 0.169 e. The number of hydrogen-bond acceptors (Lipinski definition) is 3. The molecule has 1 saturated heterocycles. The van der Waals surface area contributed by atoms with Gasteiger partial charge in [-0.3, -0.25) is 9.48 Å². The Kier molecular flexibility index (Phi) is 3.39. The highest BCUT2D eigenvalue weighted by Gasteiger charge is 2.29. The smallest absolute Gasteiger partial charge is 0.169 e. The van der Waals surface area contributed by atoms with Crippen LogP contribution in [0.25, 0.3) is 0 Å². The van der Waals surface area contributed by atoms with Gasteiger partial charge >= 0.3 is 0 Å². The summed E-state index contributed by atoms with van der Waals surface area (Å²) in [6.45, 7) is 6.94. The van der Waals surface area contributed by atoms with Crippen molar-refractivity contribution >= 4 is 5.78 Å². The van der Waals surface area contributed by atoms with E-state index in [0.717, 1.165) is 31.6 Å². The van der Waals surface area contributed by atoms with Gasteiger partial charge in [-0.15, -0.1) is 0 Å². The first-order valence-electron chi connectivity index (χ1n) is 5.99. The van der Waals surface area contributed by atoms with Crippen LogP contribution in [-0.4, -0.2) is 28.7 Å². The van der Waals surface area contributed by atoms with E-state index in [1.54, 1.807) is 6.20 Å². The van der Waals surface area contributed by atoms with E-state index in [4.69, 9.17) is 0 Å². The zero-order valence-electron chi connectivity index (χ0n) is 9.94. The van der Waals surface area contributed by atoms with Gasteiger partial charge in [0.05, 0.1) is 11.8 Å². The van der Waals surface area contributed by atoms with Crippen LogP contribution in [0.5, 0.6) is 0 Å². The van der Waals surface area contributed by atoms with Gasteiger partial charge in [0.2, 0.25) is 0 Å². The molecule has 4 nitrogen and oxygen atoms in total. The Labute approximate surface area is 96.0 Å². The topological polar surface area (TPSA) is 46.9 Å². The fourth-order valence-corrected chi connectivity index (χ4v) is 1.98. The summed E-state index contributed by atoms with van der Waals surface area (Å²) in [5.41, 5.74) is 0.757. The molecule has 1 aromatic heterocycles. The van der Waals surface area contributed by atoms with Gasteiger partial charge < -0.3 is 5.32 Å². The first-order valence-corrected chi connectivity index (χ1v) is 5.99. The third-order valence-electron chi connectivity index (χ3n) is 3.30. The summed E-state index contributed by atoms with van der Waals surface area (Å²) in [4.78, 5) is 12.1. The quantitative estimate of drug-likeness (QED) is 0.763. The second kappa shape index (κ2) is 4.78. The van der Waals surface area contributed by atoms with E-state index in [-0.39, 0.29) is 11.7 Å². The highest BCUT2D eigenvalue weighted by Crippen LogP contribution is 2.20. The number of Topliss-reactive ketones (excluding diaryl/α,β-unsaturated/α-hetero) is 1. The summed E-state index contributed by atoms with van der Waals surface area (Å²) in [6.07, 6.45) is 4.60. The molecule has 2 rings (SSSR count). The molecule has 2 heterocycles. The summed E-state index contributed by atoms with van der Waals surface area (Å²) in [6, 6.07) is 0. The van der Waals surface area contributed by atoms with Gasteiger partial charge in [-0.05, 0) is 25.4 Å². The minimum Gasteiger partial charge on any atom is -0.316 e. The monoisotopic (exact) mass is 221 g/mol. The number of aryl methyl sites for hydroxylation is 1. The molecule has 1 N–H and O–H groups in total. The third kappa shape index (κ3) is 2.16. The molecule has 16 heavy (non-hydrogen) atoms. The molecule has 1 aliphatic rings. The summed E-state index contributed by atoms with van der Waals surface area (Å²) >= 11 is 0. The molecule has 4 heteroatoms. The largest absolute Gasteiger partial charge is 0.316 e. The van der Waals surface area contributed by atoms with E-state index in [1.807, 2.05) is 17.8 Å². The summed E-state index contributed by atoms with van der Waals surface area (Å²) in [5.74, 6) is 0.844. The molecule has 1 aliphatic heterocycles. The summed E-state index contributed by atoms with van der Waals surface area (Å²) < 4.78 is 1.85. The third-order valence-corrected chi connectivity index (χ3v) is 3.30. The van der Waals surface area contributed by atoms with E-state index in [0.29, 0.717) is 5.92 Å². The van der Waals surface area contributed by atoms with Gasteiger partial charge in [-0.25, -0.2) is 0 Å². The van der Waals surface area contributed by atoms with Crippen LogP contribution in [-0.2, 0) is 6.54 Å². The van der Waals surface area contributed by atoms with E-state index >= 15 is 0 Å². The number of nitrogens with zero attached hydrogens (tertiary/aromatic N) is 2. The number of aromatic nitrogens is 2. The fourth-order valence-electron chi connectivity index (χ4n) is 1.98. The maximum absolute atomic E-state index is 12.1. The van der Waals surface area contributed by atoms with E-state index in [2.05, 4.69) is 17.3 Å². The minimum atomic E-state index is 0.112. The van der Waals surface area contributed by atoms with Crippen molar-refractivity contribution in [2.24, 2.45) is 11.8 Å². The highest BCUT2D eigenvalue weighted by atomic mass is 16.1. The molecule has 1 unspecified atom stereocenters. The Hall–Kier alpha value is -1.16. The Bertz CT molecular complexity index is 368. The zero-order chi connectivity index (χ0) is 11.5. The van der Waals surface area contributed by atoms with Crippen LogP contribution in [0, 0.1) is 11.8 Å². The Morgan fingerprint density at radius 3 is 3.00 bits per heavy atom. The number of rotatable bonds is 5. The number of carbonyl (C=O) groups excluding carboxylic acids is 1. The molecule has 0 aromatic carbocycles. The zero-order valence-corrected chi connectivity index (χ0v) is 9.94. The Morgan fingerprint density at radius 1 is 1.69 bits per heavy atom. The van der Waals surface area contributed by atoms with Crippen molar-refractivity contribution in [1.29, 1.82) is 0 Å². The summed E-state index contributed by atoms with van der Waals surface area (Å²) in [7, 11) is 0. The molecule has 1 fully saturated rings. The van der Waals surface area contributed by atoms with Crippen molar-refractivity contribution in [2.75, 3.05) is 13.1 Å². The standard InChI is InChI=1S/C12H19N3O/c1-3-4-15-8-11(7-14-15)12(16)9(2)10-5-13-6-10/h7-10,13H,3-6H2,1-2H3. The molecule has 1 atom stereocenters. The molecular formula is C12H19N3O. The van der Waals surface area contributed by atoms with Crippen molar-refractivity contribution in [3.05, 3.63) is 18.0 Å². The van der Waals surface area contributed by atoms with E-state index in [9.17, 15) is 4.79 Å². The molecule has 1 aromatic rings. The lowest BCUT2D eigenvalue weighted by Gasteiger charge is -2.31. The van der Waals surface area contributed by atoms with Gasteiger partial charge in [0.15, 0.2) is 5.78 Å². The number of ketones is 1. The van der Waals surface area contributed by atoms with Gasteiger partial charge in [-0.2, -0.15) is 5.10 Å². The molecule has 0 bridgehead atoms. The van der Waals surface area contributed by atoms with Crippen molar-refractivity contribution in [2.45, 2.75) is 26.8 Å². The average Bonchev–Trinajstić information content (AvgIpc) is 2.63. The first-order chi connectivity index (χ1) is 7.72. The summed E-state index contributed by atoms with van der Waals surface area (Å²) in [5, 5.41) is 7.39. The fraction of sp³-hybridized carbons (Fsp3) is 0.667. The Morgan fingerprint density at radius 2 is 2.44 bits per heavy atom. The van der Waals surface area contributed by atoms with Gasteiger partial charge in [0.25, 0.3) is 0 Å². The Balaban J connectivity index is 2.01. The van der Waals surface area contributed by atoms with Crippen LogP contribution in [0.15, 0.2) is 12.4 Å². The number of carbonyl (C=O) groups is 1. The predicted molar refractivity (Wildman–Crippen MR) is 62.4 cm³/mol. The predicted octanol–water partition coefficient (Wildman–Crippen LogP) is 1.33. The molecule has 0 aliphatic carbocycles. The van der Waals surface area contributed by atoms with Crippen molar-refractivity contribution < 1.29 is 4.79 Å². The van der Waals surface area contributed by atoms with Crippen LogP contribution in [0.4, 0.5) is 0 Å². The highest BCUT2D eigenvalue weighted by molar-refractivity contribution is 5.97. The normalized spacial score (nSPS) is 18.1. The van der Waals surface area contributed by atoms with Gasteiger partial charge in [0.1, 0.15) is 0 Å². The molecular weight excluding hydrogens is 202 g/mol. The SMILES string of the molecule is CCCn1cc(C(=O)C(C)C2CNC2)cn1. The second-order valence-corrected chi connectivity index (χ2v) is 4.56. The van der Waals surface area contributed by atoms with Crippen molar-refractivity contribution in [3.8, 4) is 0 Å². The molecule has 0 saturated carbocycles. The molecule has 0 radical (unpaired) electrons. The molecule has 88 valence electrons. The number of nitrogens with one attached hydrogen (secondary N) is 1. The lowest BCUT2D eigenvalue weighted by Crippen LogP contribution is -2.47. The van der Waals surface area contributed by atoms with Crippen molar-refractivity contribution in [3.63, 3.8) is 0 Å². The van der Waals surface area contributed by atoms with E-state index in [1.165, 1.54) is 0 Å².